The molecule has 2 amide bonds. The van der Waals surface area contributed by atoms with Crippen LogP contribution in [0.5, 0.6) is 0 Å². The third-order valence-electron chi connectivity index (χ3n) is 3.13. The highest BCUT2D eigenvalue weighted by atomic mass is 19.2. The first-order valence-electron chi connectivity index (χ1n) is 6.87. The van der Waals surface area contributed by atoms with Crippen LogP contribution in [-0.4, -0.2) is 23.6 Å². The molecule has 0 saturated carbocycles. The smallest absolute Gasteiger partial charge is 0.240 e. The fourth-order valence-electron chi connectivity index (χ4n) is 1.85. The fourth-order valence-corrected chi connectivity index (χ4v) is 1.85. The van der Waals surface area contributed by atoms with E-state index < -0.39 is 29.5 Å². The Morgan fingerprint density at radius 1 is 1.23 bits per heavy atom. The minimum Gasteiger partial charge on any atom is -0.368 e. The lowest BCUT2D eigenvalue weighted by Gasteiger charge is -2.15. The molecule has 0 unspecified atom stereocenters. The van der Waals surface area contributed by atoms with Gasteiger partial charge in [-0.2, -0.15) is 0 Å². The van der Waals surface area contributed by atoms with Crippen LogP contribution in [0.4, 0.5) is 8.78 Å². The standard InChI is InChI=1S/C15H18F2N2O3/c1-2-10(20)4-6-13(15(18)22)19-14(21)8-9-3-5-11(16)12(17)7-9/h3,5,7,13H,2,4,6,8H2,1H3,(H2,18,22)(H,19,21)/t13-/m0/s1. The maximum atomic E-state index is 13.1. The number of amides is 2. The molecule has 0 heterocycles. The van der Waals surface area contributed by atoms with Gasteiger partial charge < -0.3 is 11.1 Å². The minimum absolute atomic E-state index is 0.0406. The zero-order valence-corrected chi connectivity index (χ0v) is 12.2. The van der Waals surface area contributed by atoms with Crippen molar-refractivity contribution in [2.75, 3.05) is 0 Å². The summed E-state index contributed by atoms with van der Waals surface area (Å²) in [7, 11) is 0. The number of hydrogen-bond acceptors (Lipinski definition) is 3. The summed E-state index contributed by atoms with van der Waals surface area (Å²) in [4.78, 5) is 34.3. The molecule has 1 aromatic carbocycles. The molecule has 3 N–H and O–H groups in total. The molecule has 1 aromatic rings. The van der Waals surface area contributed by atoms with Crippen LogP contribution >= 0.6 is 0 Å². The van der Waals surface area contributed by atoms with Gasteiger partial charge in [-0.15, -0.1) is 0 Å². The molecule has 5 nitrogen and oxygen atoms in total. The van der Waals surface area contributed by atoms with Gasteiger partial charge in [-0.25, -0.2) is 8.78 Å². The first-order valence-corrected chi connectivity index (χ1v) is 6.87. The molecule has 0 saturated heterocycles. The number of Topliss-reactive ketones (excluding diaryl/α,β-unsaturated/α-hetero) is 1. The van der Waals surface area contributed by atoms with Crippen LogP contribution in [0.3, 0.4) is 0 Å². The lowest BCUT2D eigenvalue weighted by molar-refractivity contribution is -0.127. The predicted molar refractivity (Wildman–Crippen MR) is 75.7 cm³/mol. The number of primary amides is 1. The summed E-state index contributed by atoms with van der Waals surface area (Å²) in [5.41, 5.74) is 5.44. The monoisotopic (exact) mass is 312 g/mol. The lowest BCUT2D eigenvalue weighted by Crippen LogP contribution is -2.45. The highest BCUT2D eigenvalue weighted by Crippen LogP contribution is 2.09. The van der Waals surface area contributed by atoms with E-state index in [1.54, 1.807) is 6.92 Å². The van der Waals surface area contributed by atoms with Crippen molar-refractivity contribution < 1.29 is 23.2 Å². The SMILES string of the molecule is CCC(=O)CC[C@H](NC(=O)Cc1ccc(F)c(F)c1)C(N)=O. The van der Waals surface area contributed by atoms with Crippen LogP contribution in [0.2, 0.25) is 0 Å². The second-order valence-corrected chi connectivity index (χ2v) is 4.88. The fraction of sp³-hybridized carbons (Fsp3) is 0.400. The number of benzene rings is 1. The Balaban J connectivity index is 2.61. The molecule has 7 heteroatoms. The van der Waals surface area contributed by atoms with Crippen LogP contribution < -0.4 is 11.1 Å². The van der Waals surface area contributed by atoms with Crippen molar-refractivity contribution >= 4 is 17.6 Å². The van der Waals surface area contributed by atoms with Crippen molar-refractivity contribution in [3.63, 3.8) is 0 Å². The third-order valence-corrected chi connectivity index (χ3v) is 3.13. The molecule has 22 heavy (non-hydrogen) atoms. The Hall–Kier alpha value is -2.31. The summed E-state index contributed by atoms with van der Waals surface area (Å²) in [5, 5.41) is 2.40. The summed E-state index contributed by atoms with van der Waals surface area (Å²) in [5.74, 6) is -3.40. The number of ketones is 1. The predicted octanol–water partition coefficient (Wildman–Crippen LogP) is 1.24. The third kappa shape index (κ3) is 5.59. The zero-order valence-electron chi connectivity index (χ0n) is 12.2. The molecule has 0 bridgehead atoms. The van der Waals surface area contributed by atoms with Crippen LogP contribution in [0.25, 0.3) is 0 Å². The number of halogens is 2. The Bertz CT molecular complexity index is 576. The Labute approximate surface area is 126 Å². The van der Waals surface area contributed by atoms with E-state index in [2.05, 4.69) is 5.32 Å². The normalized spacial score (nSPS) is 11.8. The van der Waals surface area contributed by atoms with Gasteiger partial charge in [0.05, 0.1) is 6.42 Å². The average molecular weight is 312 g/mol. The van der Waals surface area contributed by atoms with Crippen molar-refractivity contribution in [2.24, 2.45) is 5.73 Å². The largest absolute Gasteiger partial charge is 0.368 e. The second-order valence-electron chi connectivity index (χ2n) is 4.88. The highest BCUT2D eigenvalue weighted by molar-refractivity contribution is 5.88. The molecule has 0 aromatic heterocycles. The number of rotatable bonds is 8. The van der Waals surface area contributed by atoms with Gasteiger partial charge in [0.15, 0.2) is 11.6 Å². The lowest BCUT2D eigenvalue weighted by atomic mass is 10.1. The molecular weight excluding hydrogens is 294 g/mol. The van der Waals surface area contributed by atoms with Crippen LogP contribution in [0, 0.1) is 11.6 Å². The Kier molecular flexibility index (Phi) is 6.62. The van der Waals surface area contributed by atoms with E-state index in [0.29, 0.717) is 6.42 Å². The molecule has 0 radical (unpaired) electrons. The Morgan fingerprint density at radius 3 is 2.45 bits per heavy atom. The van der Waals surface area contributed by atoms with Gasteiger partial charge in [-0.1, -0.05) is 13.0 Å². The summed E-state index contributed by atoms with van der Waals surface area (Å²) >= 11 is 0. The van der Waals surface area contributed by atoms with E-state index in [9.17, 15) is 23.2 Å². The van der Waals surface area contributed by atoms with E-state index in [-0.39, 0.29) is 30.6 Å². The number of carbonyl (C=O) groups excluding carboxylic acids is 3. The molecule has 0 spiro atoms. The molecule has 0 aliphatic carbocycles. The molecule has 120 valence electrons. The number of nitrogens with two attached hydrogens (primary N) is 1. The van der Waals surface area contributed by atoms with Gasteiger partial charge in [-0.3, -0.25) is 14.4 Å². The first-order chi connectivity index (χ1) is 10.3. The maximum Gasteiger partial charge on any atom is 0.240 e. The number of hydrogen-bond donors (Lipinski definition) is 2. The van der Waals surface area contributed by atoms with Crippen LogP contribution in [0.15, 0.2) is 18.2 Å². The van der Waals surface area contributed by atoms with Crippen molar-refractivity contribution in [3.8, 4) is 0 Å². The van der Waals surface area contributed by atoms with Crippen molar-refractivity contribution in [2.45, 2.75) is 38.6 Å². The van der Waals surface area contributed by atoms with Gasteiger partial charge in [0, 0.05) is 12.8 Å². The molecule has 1 atom stereocenters. The minimum atomic E-state index is -1.05. The van der Waals surface area contributed by atoms with E-state index in [4.69, 9.17) is 5.73 Å². The van der Waals surface area contributed by atoms with Crippen LogP contribution in [0.1, 0.15) is 31.7 Å². The maximum absolute atomic E-state index is 13.1. The number of carbonyl (C=O) groups is 3. The van der Waals surface area contributed by atoms with Gasteiger partial charge in [0.1, 0.15) is 11.8 Å². The van der Waals surface area contributed by atoms with E-state index >= 15 is 0 Å². The van der Waals surface area contributed by atoms with Gasteiger partial charge in [0.25, 0.3) is 0 Å². The first kappa shape index (κ1) is 17.7. The van der Waals surface area contributed by atoms with Gasteiger partial charge in [-0.05, 0) is 24.1 Å². The van der Waals surface area contributed by atoms with Crippen molar-refractivity contribution in [1.82, 2.24) is 5.32 Å². The summed E-state index contributed by atoms with van der Waals surface area (Å²) in [6.07, 6.45) is 0.373. The highest BCUT2D eigenvalue weighted by Gasteiger charge is 2.19. The summed E-state index contributed by atoms with van der Waals surface area (Å²) in [6.45, 7) is 1.70. The molecule has 0 aliphatic rings. The number of nitrogens with one attached hydrogen (secondary N) is 1. The molecule has 0 aliphatic heterocycles. The van der Waals surface area contributed by atoms with Gasteiger partial charge in [0.2, 0.25) is 11.8 Å². The quantitative estimate of drug-likeness (QED) is 0.757. The second kappa shape index (κ2) is 8.21. The zero-order chi connectivity index (χ0) is 16.7. The molecular formula is C15H18F2N2O3. The van der Waals surface area contributed by atoms with Crippen LogP contribution in [-0.2, 0) is 20.8 Å². The summed E-state index contributed by atoms with van der Waals surface area (Å²) in [6, 6.07) is 2.14. The topological polar surface area (TPSA) is 89.3 Å². The Morgan fingerprint density at radius 2 is 1.91 bits per heavy atom. The summed E-state index contributed by atoms with van der Waals surface area (Å²) < 4.78 is 25.8. The van der Waals surface area contributed by atoms with Crippen molar-refractivity contribution in [3.05, 3.63) is 35.4 Å². The van der Waals surface area contributed by atoms with E-state index in [1.807, 2.05) is 0 Å². The van der Waals surface area contributed by atoms with E-state index in [1.165, 1.54) is 6.07 Å². The van der Waals surface area contributed by atoms with Gasteiger partial charge >= 0.3 is 0 Å². The molecule has 0 fully saturated rings. The molecule has 1 rings (SSSR count). The average Bonchev–Trinajstić information content (AvgIpc) is 2.46. The van der Waals surface area contributed by atoms with E-state index in [0.717, 1.165) is 12.1 Å². The van der Waals surface area contributed by atoms with Crippen molar-refractivity contribution in [1.29, 1.82) is 0 Å².